The Morgan fingerprint density at radius 1 is 1.27 bits per heavy atom. The monoisotopic (exact) mass is 214 g/mol. The van der Waals surface area contributed by atoms with Gasteiger partial charge in [-0.1, -0.05) is 29.3 Å². The molecule has 1 aromatic rings. The number of carboxylic acid groups (broad SMARTS) is 1. The highest BCUT2D eigenvalue weighted by Crippen LogP contribution is 2.32. The molecule has 4 heteroatoms. The van der Waals surface area contributed by atoms with Gasteiger partial charge in [0.05, 0.1) is 0 Å². The maximum absolute atomic E-state index is 13.4. The number of halogens is 2. The fourth-order valence-corrected chi connectivity index (χ4v) is 1.48. The molecule has 0 aliphatic heterocycles. The molecule has 0 unspecified atom stereocenters. The van der Waals surface area contributed by atoms with Crippen LogP contribution in [0.4, 0.5) is 8.78 Å². The largest absolute Gasteiger partial charge is 0.481 e. The number of aryl methyl sites for hydroxylation is 2. The van der Waals surface area contributed by atoms with E-state index in [1.54, 1.807) is 19.9 Å². The van der Waals surface area contributed by atoms with Gasteiger partial charge >= 0.3 is 5.97 Å². The van der Waals surface area contributed by atoms with Crippen molar-refractivity contribution < 1.29 is 18.7 Å². The quantitative estimate of drug-likeness (QED) is 0.839. The molecule has 0 bridgehead atoms. The van der Waals surface area contributed by atoms with Crippen molar-refractivity contribution >= 4 is 5.97 Å². The molecular weight excluding hydrogens is 202 g/mol. The lowest BCUT2D eigenvalue weighted by Gasteiger charge is -2.15. The lowest BCUT2D eigenvalue weighted by molar-refractivity contribution is -0.145. The molecule has 0 heterocycles. The molecule has 0 aliphatic rings. The van der Waals surface area contributed by atoms with Gasteiger partial charge in [-0.15, -0.1) is 0 Å². The van der Waals surface area contributed by atoms with Gasteiger partial charge in [-0.25, -0.2) is 8.78 Å². The summed E-state index contributed by atoms with van der Waals surface area (Å²) in [5.74, 6) is -4.80. The average Bonchev–Trinajstić information content (AvgIpc) is 1.99. The molecule has 82 valence electrons. The van der Waals surface area contributed by atoms with Gasteiger partial charge < -0.3 is 5.11 Å². The average molecular weight is 214 g/mol. The Hall–Kier alpha value is -1.45. The van der Waals surface area contributed by atoms with Crippen LogP contribution < -0.4 is 0 Å². The molecule has 0 saturated heterocycles. The summed E-state index contributed by atoms with van der Waals surface area (Å²) in [5, 5.41) is 8.37. The molecule has 1 rings (SSSR count). The van der Waals surface area contributed by atoms with Crippen LogP contribution in [0.15, 0.2) is 18.2 Å². The molecule has 0 atom stereocenters. The Morgan fingerprint density at radius 3 is 2.13 bits per heavy atom. The van der Waals surface area contributed by atoms with E-state index in [9.17, 15) is 13.6 Å². The Labute approximate surface area is 86.5 Å². The molecule has 0 aliphatic carbocycles. The number of benzene rings is 1. The molecule has 1 aromatic carbocycles. The van der Waals surface area contributed by atoms with Crippen molar-refractivity contribution in [2.75, 3.05) is 0 Å². The second kappa shape index (κ2) is 3.96. The Morgan fingerprint density at radius 2 is 1.73 bits per heavy atom. The minimum absolute atomic E-state index is 0.234. The predicted octanol–water partition coefficient (Wildman–Crippen LogP) is 2.87. The number of hydrogen-bond acceptors (Lipinski definition) is 1. The second-order valence-electron chi connectivity index (χ2n) is 3.65. The van der Waals surface area contributed by atoms with E-state index in [-0.39, 0.29) is 5.56 Å². The molecule has 2 nitrogen and oxygen atoms in total. The predicted molar refractivity (Wildman–Crippen MR) is 52.1 cm³/mol. The third kappa shape index (κ3) is 3.01. The number of carboxylic acids is 1. The van der Waals surface area contributed by atoms with Crippen LogP contribution in [0.5, 0.6) is 0 Å². The zero-order valence-corrected chi connectivity index (χ0v) is 8.55. The SMILES string of the molecule is Cc1cc(C)cc(C(F)(F)CC(=O)O)c1. The van der Waals surface area contributed by atoms with Crippen LogP contribution in [-0.2, 0) is 10.7 Å². The van der Waals surface area contributed by atoms with E-state index >= 15 is 0 Å². The Balaban J connectivity index is 3.08. The summed E-state index contributed by atoms with van der Waals surface area (Å²) in [4.78, 5) is 10.3. The molecule has 0 saturated carbocycles. The standard InChI is InChI=1S/C11H12F2O2/c1-7-3-8(2)5-9(4-7)11(12,13)6-10(14)15/h3-5H,6H2,1-2H3,(H,14,15). The number of alkyl halides is 2. The Bertz CT molecular complexity index is 366. The first-order chi connectivity index (χ1) is 6.81. The third-order valence-corrected chi connectivity index (χ3v) is 2.02. The molecule has 0 amide bonds. The van der Waals surface area contributed by atoms with Crippen molar-refractivity contribution in [3.05, 3.63) is 34.9 Å². The first kappa shape index (κ1) is 11.6. The van der Waals surface area contributed by atoms with E-state index in [4.69, 9.17) is 5.11 Å². The van der Waals surface area contributed by atoms with Gasteiger partial charge in [-0.3, -0.25) is 4.79 Å². The molecule has 0 spiro atoms. The van der Waals surface area contributed by atoms with E-state index < -0.39 is 18.3 Å². The van der Waals surface area contributed by atoms with Crippen LogP contribution in [0.1, 0.15) is 23.1 Å². The molecule has 1 N–H and O–H groups in total. The molecule has 0 radical (unpaired) electrons. The van der Waals surface area contributed by atoms with Crippen LogP contribution >= 0.6 is 0 Å². The number of rotatable bonds is 3. The minimum atomic E-state index is -3.30. The summed E-state index contributed by atoms with van der Waals surface area (Å²) in [7, 11) is 0. The van der Waals surface area contributed by atoms with Crippen LogP contribution in [0.3, 0.4) is 0 Å². The molecule has 15 heavy (non-hydrogen) atoms. The molecule has 0 aromatic heterocycles. The third-order valence-electron chi connectivity index (χ3n) is 2.02. The van der Waals surface area contributed by atoms with Gasteiger partial charge in [-0.2, -0.15) is 0 Å². The van der Waals surface area contributed by atoms with Gasteiger partial charge in [0.1, 0.15) is 6.42 Å². The van der Waals surface area contributed by atoms with Crippen molar-refractivity contribution in [3.8, 4) is 0 Å². The molecular formula is C11H12F2O2. The van der Waals surface area contributed by atoms with Crippen molar-refractivity contribution in [3.63, 3.8) is 0 Å². The first-order valence-corrected chi connectivity index (χ1v) is 4.49. The van der Waals surface area contributed by atoms with Crippen LogP contribution in [0, 0.1) is 13.8 Å². The van der Waals surface area contributed by atoms with Gasteiger partial charge in [0.25, 0.3) is 5.92 Å². The van der Waals surface area contributed by atoms with Crippen molar-refractivity contribution in [1.82, 2.24) is 0 Å². The number of hydrogen-bond donors (Lipinski definition) is 1. The van der Waals surface area contributed by atoms with Crippen LogP contribution in [-0.4, -0.2) is 11.1 Å². The Kier molecular flexibility index (Phi) is 3.07. The highest BCUT2D eigenvalue weighted by atomic mass is 19.3. The summed E-state index contributed by atoms with van der Waals surface area (Å²) >= 11 is 0. The maximum Gasteiger partial charge on any atom is 0.309 e. The minimum Gasteiger partial charge on any atom is -0.481 e. The van der Waals surface area contributed by atoms with Gasteiger partial charge in [-0.05, 0) is 13.8 Å². The van der Waals surface area contributed by atoms with E-state index in [2.05, 4.69) is 0 Å². The van der Waals surface area contributed by atoms with Crippen molar-refractivity contribution in [1.29, 1.82) is 0 Å². The summed E-state index contributed by atoms with van der Waals surface area (Å²) in [6.45, 7) is 3.40. The normalized spacial score (nSPS) is 11.5. The number of carbonyl (C=O) groups is 1. The fourth-order valence-electron chi connectivity index (χ4n) is 1.48. The summed E-state index contributed by atoms with van der Waals surface area (Å²) in [6.07, 6.45) is -1.17. The highest BCUT2D eigenvalue weighted by Gasteiger charge is 2.34. The smallest absolute Gasteiger partial charge is 0.309 e. The number of aliphatic carboxylic acids is 1. The van der Waals surface area contributed by atoms with E-state index in [0.717, 1.165) is 0 Å². The lowest BCUT2D eigenvalue weighted by Crippen LogP contribution is -2.18. The first-order valence-electron chi connectivity index (χ1n) is 4.49. The van der Waals surface area contributed by atoms with Gasteiger partial charge in [0.15, 0.2) is 0 Å². The zero-order valence-electron chi connectivity index (χ0n) is 8.55. The highest BCUT2D eigenvalue weighted by molar-refractivity contribution is 5.68. The summed E-state index contributed by atoms with van der Waals surface area (Å²) in [5.41, 5.74) is 1.17. The van der Waals surface area contributed by atoms with E-state index in [0.29, 0.717) is 11.1 Å². The van der Waals surface area contributed by atoms with E-state index in [1.807, 2.05) is 0 Å². The topological polar surface area (TPSA) is 37.3 Å². The van der Waals surface area contributed by atoms with Gasteiger partial charge in [0.2, 0.25) is 0 Å². The summed E-state index contributed by atoms with van der Waals surface area (Å²) in [6, 6.07) is 4.40. The lowest BCUT2D eigenvalue weighted by atomic mass is 10.0. The summed E-state index contributed by atoms with van der Waals surface area (Å²) < 4.78 is 26.8. The molecule has 0 fully saturated rings. The van der Waals surface area contributed by atoms with Gasteiger partial charge in [0, 0.05) is 5.56 Å². The zero-order chi connectivity index (χ0) is 11.6. The maximum atomic E-state index is 13.4. The second-order valence-corrected chi connectivity index (χ2v) is 3.65. The fraction of sp³-hybridized carbons (Fsp3) is 0.364. The van der Waals surface area contributed by atoms with E-state index in [1.165, 1.54) is 12.1 Å². The van der Waals surface area contributed by atoms with Crippen molar-refractivity contribution in [2.45, 2.75) is 26.2 Å². The van der Waals surface area contributed by atoms with Crippen LogP contribution in [0.2, 0.25) is 0 Å². The van der Waals surface area contributed by atoms with Crippen LogP contribution in [0.25, 0.3) is 0 Å². The van der Waals surface area contributed by atoms with Crippen molar-refractivity contribution in [2.24, 2.45) is 0 Å².